The third-order valence-electron chi connectivity index (χ3n) is 4.23. The molecule has 2 aliphatic rings. The summed E-state index contributed by atoms with van der Waals surface area (Å²) in [5, 5.41) is 8.77. The molecule has 0 aliphatic carbocycles. The van der Waals surface area contributed by atoms with Crippen LogP contribution < -0.4 is 0 Å². The van der Waals surface area contributed by atoms with Crippen LogP contribution in [0.5, 0.6) is 0 Å². The van der Waals surface area contributed by atoms with Gasteiger partial charge in [0.1, 0.15) is 0 Å². The van der Waals surface area contributed by atoms with Crippen molar-refractivity contribution in [3.63, 3.8) is 0 Å². The van der Waals surface area contributed by atoms with Crippen LogP contribution in [0.15, 0.2) is 0 Å². The van der Waals surface area contributed by atoms with Gasteiger partial charge in [0.05, 0.1) is 37.9 Å². The van der Waals surface area contributed by atoms with Crippen molar-refractivity contribution in [2.24, 2.45) is 5.41 Å². The van der Waals surface area contributed by atoms with Gasteiger partial charge in [0.15, 0.2) is 0 Å². The Morgan fingerprint density at radius 2 is 2.14 bits per heavy atom. The minimum atomic E-state index is -0.863. The summed E-state index contributed by atoms with van der Waals surface area (Å²) in [6.45, 7) is 5.11. The fourth-order valence-corrected chi connectivity index (χ4v) is 2.82. The van der Waals surface area contributed by atoms with Crippen molar-refractivity contribution in [2.75, 3.05) is 53.0 Å². The molecule has 1 unspecified atom stereocenters. The Labute approximate surface area is 124 Å². The van der Waals surface area contributed by atoms with Gasteiger partial charge in [-0.05, 0) is 13.5 Å². The first-order valence-corrected chi connectivity index (χ1v) is 7.36. The van der Waals surface area contributed by atoms with Crippen LogP contribution in [0.25, 0.3) is 0 Å². The van der Waals surface area contributed by atoms with Gasteiger partial charge in [-0.2, -0.15) is 0 Å². The Kier molecular flexibility index (Phi) is 5.18. The van der Waals surface area contributed by atoms with Crippen LogP contribution in [0, 0.1) is 5.41 Å². The molecule has 2 fully saturated rings. The zero-order chi connectivity index (χ0) is 15.5. The standard InChI is InChI=1S/C14H24N2O5/c1-3-14(9-20-10-14)13(19)16-4-5-21-11(7-16)6-15(2)8-12(17)18/h11H,3-10H2,1-2H3,(H,17,18). The van der Waals surface area contributed by atoms with E-state index in [1.807, 2.05) is 11.8 Å². The molecule has 0 saturated carbocycles. The summed E-state index contributed by atoms with van der Waals surface area (Å²) in [4.78, 5) is 26.8. The lowest BCUT2D eigenvalue weighted by atomic mass is 9.81. The van der Waals surface area contributed by atoms with Crippen molar-refractivity contribution < 1.29 is 24.2 Å². The number of carboxylic acid groups (broad SMARTS) is 1. The van der Waals surface area contributed by atoms with Crippen LogP contribution in [0.4, 0.5) is 0 Å². The summed E-state index contributed by atoms with van der Waals surface area (Å²) in [6, 6.07) is 0. The quantitative estimate of drug-likeness (QED) is 0.723. The average Bonchev–Trinajstić information content (AvgIpc) is 2.37. The molecular weight excluding hydrogens is 276 g/mol. The minimum absolute atomic E-state index is 0.0272. The van der Waals surface area contributed by atoms with Crippen LogP contribution in [-0.2, 0) is 19.1 Å². The monoisotopic (exact) mass is 300 g/mol. The predicted octanol–water partition coefficient (Wildman–Crippen LogP) is -0.343. The summed E-state index contributed by atoms with van der Waals surface area (Å²) in [7, 11) is 1.74. The number of carbonyl (C=O) groups is 2. The van der Waals surface area contributed by atoms with E-state index >= 15 is 0 Å². The van der Waals surface area contributed by atoms with E-state index < -0.39 is 5.97 Å². The first-order valence-electron chi connectivity index (χ1n) is 7.36. The van der Waals surface area contributed by atoms with Gasteiger partial charge in [-0.25, -0.2) is 0 Å². The van der Waals surface area contributed by atoms with Crippen molar-refractivity contribution in [2.45, 2.75) is 19.4 Å². The molecule has 120 valence electrons. The third kappa shape index (κ3) is 3.72. The average molecular weight is 300 g/mol. The van der Waals surface area contributed by atoms with Crippen molar-refractivity contribution in [1.29, 1.82) is 0 Å². The molecule has 7 heteroatoms. The van der Waals surface area contributed by atoms with Crippen molar-refractivity contribution in [3.05, 3.63) is 0 Å². The smallest absolute Gasteiger partial charge is 0.317 e. The Balaban J connectivity index is 1.88. The molecule has 0 spiro atoms. The summed E-state index contributed by atoms with van der Waals surface area (Å²) in [6.07, 6.45) is 0.647. The molecule has 0 radical (unpaired) electrons. The zero-order valence-corrected chi connectivity index (χ0v) is 12.7. The van der Waals surface area contributed by atoms with Gasteiger partial charge < -0.3 is 19.5 Å². The van der Waals surface area contributed by atoms with E-state index in [0.717, 1.165) is 6.42 Å². The number of likely N-dealkylation sites (N-methyl/N-ethyl adjacent to an activating group) is 1. The fraction of sp³-hybridized carbons (Fsp3) is 0.857. The molecule has 21 heavy (non-hydrogen) atoms. The van der Waals surface area contributed by atoms with E-state index in [9.17, 15) is 9.59 Å². The second-order valence-electron chi connectivity index (χ2n) is 5.96. The highest BCUT2D eigenvalue weighted by atomic mass is 16.5. The molecule has 2 heterocycles. The Morgan fingerprint density at radius 3 is 2.67 bits per heavy atom. The van der Waals surface area contributed by atoms with Gasteiger partial charge in [-0.3, -0.25) is 14.5 Å². The first kappa shape index (κ1) is 16.2. The van der Waals surface area contributed by atoms with Gasteiger partial charge in [0, 0.05) is 19.6 Å². The highest BCUT2D eigenvalue weighted by Gasteiger charge is 2.47. The summed E-state index contributed by atoms with van der Waals surface area (Å²) < 4.78 is 10.9. The van der Waals surface area contributed by atoms with E-state index in [4.69, 9.17) is 14.6 Å². The normalized spacial score (nSPS) is 24.7. The number of hydrogen-bond donors (Lipinski definition) is 1. The molecule has 2 saturated heterocycles. The Bertz CT molecular complexity index is 391. The topological polar surface area (TPSA) is 79.3 Å². The van der Waals surface area contributed by atoms with E-state index in [1.165, 1.54) is 0 Å². The lowest BCUT2D eigenvalue weighted by Gasteiger charge is -2.44. The highest BCUT2D eigenvalue weighted by Crippen LogP contribution is 2.33. The van der Waals surface area contributed by atoms with E-state index in [2.05, 4.69) is 0 Å². The number of carbonyl (C=O) groups excluding carboxylic acids is 1. The lowest BCUT2D eigenvalue weighted by Crippen LogP contribution is -2.59. The second-order valence-corrected chi connectivity index (χ2v) is 5.96. The summed E-state index contributed by atoms with van der Waals surface area (Å²) >= 11 is 0. The number of rotatable bonds is 6. The Hall–Kier alpha value is -1.18. The molecule has 1 amide bonds. The minimum Gasteiger partial charge on any atom is -0.480 e. The number of hydrogen-bond acceptors (Lipinski definition) is 5. The number of nitrogens with zero attached hydrogens (tertiary/aromatic N) is 2. The molecule has 2 rings (SSSR count). The fourth-order valence-electron chi connectivity index (χ4n) is 2.82. The van der Waals surface area contributed by atoms with Gasteiger partial charge in [-0.1, -0.05) is 6.92 Å². The zero-order valence-electron chi connectivity index (χ0n) is 12.7. The number of amides is 1. The van der Waals surface area contributed by atoms with Crippen LogP contribution >= 0.6 is 0 Å². The largest absolute Gasteiger partial charge is 0.480 e. The molecule has 1 N–H and O–H groups in total. The highest BCUT2D eigenvalue weighted by molar-refractivity contribution is 5.84. The van der Waals surface area contributed by atoms with Gasteiger partial charge >= 0.3 is 5.97 Å². The summed E-state index contributed by atoms with van der Waals surface area (Å²) in [5.41, 5.74) is -0.352. The molecule has 7 nitrogen and oxygen atoms in total. The molecular formula is C14H24N2O5. The van der Waals surface area contributed by atoms with Gasteiger partial charge in [-0.15, -0.1) is 0 Å². The molecule has 2 aliphatic heterocycles. The van der Waals surface area contributed by atoms with E-state index in [1.54, 1.807) is 11.9 Å². The van der Waals surface area contributed by atoms with Crippen LogP contribution in [0.3, 0.4) is 0 Å². The Morgan fingerprint density at radius 1 is 1.43 bits per heavy atom. The van der Waals surface area contributed by atoms with Gasteiger partial charge in [0.25, 0.3) is 0 Å². The summed E-state index contributed by atoms with van der Waals surface area (Å²) in [5.74, 6) is -0.719. The third-order valence-corrected chi connectivity index (χ3v) is 4.23. The maximum absolute atomic E-state index is 12.6. The van der Waals surface area contributed by atoms with Crippen LogP contribution in [-0.4, -0.2) is 85.9 Å². The van der Waals surface area contributed by atoms with Crippen LogP contribution in [0.2, 0.25) is 0 Å². The van der Waals surface area contributed by atoms with Crippen molar-refractivity contribution in [1.82, 2.24) is 9.80 Å². The number of ether oxygens (including phenoxy) is 2. The molecule has 0 aromatic carbocycles. The number of aliphatic carboxylic acids is 1. The molecule has 0 bridgehead atoms. The van der Waals surface area contributed by atoms with Crippen molar-refractivity contribution in [3.8, 4) is 0 Å². The maximum Gasteiger partial charge on any atom is 0.317 e. The van der Waals surface area contributed by atoms with Crippen LogP contribution in [0.1, 0.15) is 13.3 Å². The second kappa shape index (κ2) is 6.72. The molecule has 0 aromatic heterocycles. The van der Waals surface area contributed by atoms with E-state index in [0.29, 0.717) is 39.5 Å². The predicted molar refractivity (Wildman–Crippen MR) is 75.0 cm³/mol. The molecule has 1 atom stereocenters. The first-order chi connectivity index (χ1) is 9.97. The number of morpholine rings is 1. The SMILES string of the molecule is CCC1(C(=O)N2CCOC(CN(C)CC(=O)O)C2)COC1. The van der Waals surface area contributed by atoms with Gasteiger partial charge in [0.2, 0.25) is 5.91 Å². The van der Waals surface area contributed by atoms with E-state index in [-0.39, 0.29) is 24.0 Å². The van der Waals surface area contributed by atoms with Crippen molar-refractivity contribution >= 4 is 11.9 Å². The molecule has 0 aromatic rings. The maximum atomic E-state index is 12.6. The lowest BCUT2D eigenvalue weighted by molar-refractivity contribution is -0.179. The number of carboxylic acids is 1.